The standard InChI is InChI=1S/C14H20F2N2O/c1-3-9(2)13(17)14(19)18-5-4-10-6-11(15)8-12(16)7-10/h6-9,13H,3-5,17H2,1-2H3,(H,18,19)/t9?,13-/m0/s1. The number of halogens is 2. The van der Waals surface area contributed by atoms with Gasteiger partial charge in [0.25, 0.3) is 0 Å². The highest BCUT2D eigenvalue weighted by atomic mass is 19.1. The van der Waals surface area contributed by atoms with E-state index in [1.54, 1.807) is 0 Å². The van der Waals surface area contributed by atoms with Gasteiger partial charge in [-0.2, -0.15) is 0 Å². The smallest absolute Gasteiger partial charge is 0.237 e. The number of rotatable bonds is 6. The number of nitrogens with two attached hydrogens (primary N) is 1. The van der Waals surface area contributed by atoms with Crippen molar-refractivity contribution in [2.24, 2.45) is 11.7 Å². The van der Waals surface area contributed by atoms with Crippen molar-refractivity contribution in [1.29, 1.82) is 0 Å². The van der Waals surface area contributed by atoms with Crippen molar-refractivity contribution in [3.63, 3.8) is 0 Å². The largest absolute Gasteiger partial charge is 0.354 e. The predicted octanol–water partition coefficient (Wildman–Crippen LogP) is 2.00. The average Bonchev–Trinajstić information content (AvgIpc) is 2.35. The molecule has 1 amide bonds. The van der Waals surface area contributed by atoms with Crippen molar-refractivity contribution < 1.29 is 13.6 Å². The van der Waals surface area contributed by atoms with Crippen molar-refractivity contribution in [1.82, 2.24) is 5.32 Å². The Kier molecular flexibility index (Phi) is 5.89. The third-order valence-electron chi connectivity index (χ3n) is 3.19. The molecule has 0 aromatic heterocycles. The van der Waals surface area contributed by atoms with Gasteiger partial charge in [-0.25, -0.2) is 8.78 Å². The summed E-state index contributed by atoms with van der Waals surface area (Å²) in [5, 5.41) is 2.68. The van der Waals surface area contributed by atoms with E-state index >= 15 is 0 Å². The molecule has 0 spiro atoms. The van der Waals surface area contributed by atoms with E-state index in [9.17, 15) is 13.6 Å². The average molecular weight is 270 g/mol. The molecule has 0 aliphatic rings. The second-order valence-electron chi connectivity index (χ2n) is 4.73. The maximum absolute atomic E-state index is 12.9. The lowest BCUT2D eigenvalue weighted by molar-refractivity contribution is -0.123. The molecule has 0 heterocycles. The van der Waals surface area contributed by atoms with E-state index in [0.717, 1.165) is 12.5 Å². The van der Waals surface area contributed by atoms with Crippen LogP contribution in [-0.4, -0.2) is 18.5 Å². The normalized spacial score (nSPS) is 13.9. The van der Waals surface area contributed by atoms with Crippen LogP contribution in [0.2, 0.25) is 0 Å². The molecule has 0 aliphatic carbocycles. The Morgan fingerprint density at radius 2 is 1.89 bits per heavy atom. The van der Waals surface area contributed by atoms with Gasteiger partial charge in [0.15, 0.2) is 0 Å². The van der Waals surface area contributed by atoms with Gasteiger partial charge in [0.1, 0.15) is 11.6 Å². The summed E-state index contributed by atoms with van der Waals surface area (Å²) in [5.74, 6) is -1.35. The molecule has 1 aromatic carbocycles. The Labute approximate surface area is 112 Å². The zero-order chi connectivity index (χ0) is 14.4. The minimum absolute atomic E-state index is 0.103. The highest BCUT2D eigenvalue weighted by Gasteiger charge is 2.18. The van der Waals surface area contributed by atoms with Crippen LogP contribution < -0.4 is 11.1 Å². The highest BCUT2D eigenvalue weighted by molar-refractivity contribution is 5.81. The van der Waals surface area contributed by atoms with Gasteiger partial charge in [-0.1, -0.05) is 20.3 Å². The lowest BCUT2D eigenvalue weighted by Crippen LogP contribution is -2.45. The maximum atomic E-state index is 12.9. The summed E-state index contributed by atoms with van der Waals surface area (Å²) in [6.07, 6.45) is 1.19. The number of carbonyl (C=O) groups excluding carboxylic acids is 1. The molecule has 0 bridgehead atoms. The van der Waals surface area contributed by atoms with Crippen LogP contribution in [0.4, 0.5) is 8.78 Å². The van der Waals surface area contributed by atoms with Crippen molar-refractivity contribution in [3.05, 3.63) is 35.4 Å². The molecule has 0 fully saturated rings. The quantitative estimate of drug-likeness (QED) is 0.830. The zero-order valence-corrected chi connectivity index (χ0v) is 11.2. The third kappa shape index (κ3) is 4.95. The Bertz CT molecular complexity index is 417. The second-order valence-corrected chi connectivity index (χ2v) is 4.73. The van der Waals surface area contributed by atoms with Crippen LogP contribution in [0.3, 0.4) is 0 Å². The predicted molar refractivity (Wildman–Crippen MR) is 70.5 cm³/mol. The molecule has 0 radical (unpaired) electrons. The molecule has 3 nitrogen and oxygen atoms in total. The fourth-order valence-electron chi connectivity index (χ4n) is 1.72. The Hall–Kier alpha value is -1.49. The van der Waals surface area contributed by atoms with E-state index in [4.69, 9.17) is 5.73 Å². The van der Waals surface area contributed by atoms with E-state index in [2.05, 4.69) is 5.32 Å². The Balaban J connectivity index is 2.43. The first-order valence-electron chi connectivity index (χ1n) is 6.42. The van der Waals surface area contributed by atoms with Crippen molar-refractivity contribution in [2.45, 2.75) is 32.7 Å². The fourth-order valence-corrected chi connectivity index (χ4v) is 1.72. The van der Waals surface area contributed by atoms with E-state index in [1.807, 2.05) is 13.8 Å². The molecule has 5 heteroatoms. The number of hydrogen-bond donors (Lipinski definition) is 2. The van der Waals surface area contributed by atoms with Crippen LogP contribution in [0.1, 0.15) is 25.8 Å². The monoisotopic (exact) mass is 270 g/mol. The van der Waals surface area contributed by atoms with Crippen LogP contribution in [0.15, 0.2) is 18.2 Å². The van der Waals surface area contributed by atoms with Gasteiger partial charge in [-0.15, -0.1) is 0 Å². The molecule has 1 aromatic rings. The first-order chi connectivity index (χ1) is 8.93. The highest BCUT2D eigenvalue weighted by Crippen LogP contribution is 2.08. The molecular formula is C14H20F2N2O. The molecule has 1 rings (SSSR count). The molecule has 2 atom stereocenters. The van der Waals surface area contributed by atoms with E-state index in [-0.39, 0.29) is 11.8 Å². The topological polar surface area (TPSA) is 55.1 Å². The maximum Gasteiger partial charge on any atom is 0.237 e. The van der Waals surface area contributed by atoms with Gasteiger partial charge in [0.05, 0.1) is 6.04 Å². The molecule has 1 unspecified atom stereocenters. The van der Waals surface area contributed by atoms with Crippen molar-refractivity contribution in [3.8, 4) is 0 Å². The number of nitrogens with one attached hydrogen (secondary N) is 1. The summed E-state index contributed by atoms with van der Waals surface area (Å²) in [5.41, 5.74) is 6.28. The Morgan fingerprint density at radius 3 is 2.42 bits per heavy atom. The van der Waals surface area contributed by atoms with E-state index < -0.39 is 17.7 Å². The van der Waals surface area contributed by atoms with Crippen molar-refractivity contribution >= 4 is 5.91 Å². The van der Waals surface area contributed by atoms with Crippen LogP contribution >= 0.6 is 0 Å². The first kappa shape index (κ1) is 15.6. The summed E-state index contributed by atoms with van der Waals surface area (Å²) in [6, 6.07) is 2.78. The minimum Gasteiger partial charge on any atom is -0.354 e. The molecule has 106 valence electrons. The van der Waals surface area contributed by atoms with Crippen LogP contribution in [0.5, 0.6) is 0 Å². The molecule has 0 aliphatic heterocycles. The SMILES string of the molecule is CCC(C)[C@H](N)C(=O)NCCc1cc(F)cc(F)c1. The summed E-state index contributed by atoms with van der Waals surface area (Å²) in [7, 11) is 0. The van der Waals surface area contributed by atoms with Gasteiger partial charge in [0, 0.05) is 12.6 Å². The minimum atomic E-state index is -0.613. The van der Waals surface area contributed by atoms with Gasteiger partial charge < -0.3 is 11.1 Å². The van der Waals surface area contributed by atoms with Gasteiger partial charge in [-0.05, 0) is 30.0 Å². The van der Waals surface area contributed by atoms with Gasteiger partial charge in [-0.3, -0.25) is 4.79 Å². The van der Waals surface area contributed by atoms with Crippen LogP contribution in [-0.2, 0) is 11.2 Å². The van der Waals surface area contributed by atoms with Crippen LogP contribution in [0, 0.1) is 17.6 Å². The lowest BCUT2D eigenvalue weighted by atomic mass is 9.99. The first-order valence-corrected chi connectivity index (χ1v) is 6.42. The second kappa shape index (κ2) is 7.19. The van der Waals surface area contributed by atoms with E-state index in [0.29, 0.717) is 18.5 Å². The molecule has 0 saturated carbocycles. The van der Waals surface area contributed by atoms with Crippen LogP contribution in [0.25, 0.3) is 0 Å². The molecular weight excluding hydrogens is 250 g/mol. The third-order valence-corrected chi connectivity index (χ3v) is 3.19. The van der Waals surface area contributed by atoms with Crippen molar-refractivity contribution in [2.75, 3.05) is 6.54 Å². The number of benzene rings is 1. The summed E-state index contributed by atoms with van der Waals surface area (Å²) in [6.45, 7) is 4.19. The molecule has 0 saturated heterocycles. The summed E-state index contributed by atoms with van der Waals surface area (Å²) >= 11 is 0. The molecule has 19 heavy (non-hydrogen) atoms. The van der Waals surface area contributed by atoms with E-state index in [1.165, 1.54) is 12.1 Å². The zero-order valence-electron chi connectivity index (χ0n) is 11.2. The number of amides is 1. The van der Waals surface area contributed by atoms with Gasteiger partial charge in [0.2, 0.25) is 5.91 Å². The Morgan fingerprint density at radius 1 is 1.32 bits per heavy atom. The van der Waals surface area contributed by atoms with Gasteiger partial charge >= 0.3 is 0 Å². The summed E-state index contributed by atoms with van der Waals surface area (Å²) in [4.78, 5) is 11.7. The fraction of sp³-hybridized carbons (Fsp3) is 0.500. The number of carbonyl (C=O) groups is 1. The number of hydrogen-bond acceptors (Lipinski definition) is 2. The molecule has 3 N–H and O–H groups in total. The lowest BCUT2D eigenvalue weighted by Gasteiger charge is -2.17. The summed E-state index contributed by atoms with van der Waals surface area (Å²) < 4.78 is 25.9.